The molecule has 1 aromatic heterocycles. The summed E-state index contributed by atoms with van der Waals surface area (Å²) in [6.45, 7) is 2.34. The number of nitrogens with one attached hydrogen (secondary N) is 1. The fourth-order valence-corrected chi connectivity index (χ4v) is 1.43. The molecule has 0 aliphatic carbocycles. The van der Waals surface area contributed by atoms with Gasteiger partial charge in [-0.15, -0.1) is 0 Å². The number of aromatic nitrogens is 2. The molecule has 0 fully saturated rings. The first kappa shape index (κ1) is 14.5. The van der Waals surface area contributed by atoms with Gasteiger partial charge in [-0.2, -0.15) is 13.2 Å². The number of nitrogen functional groups attached to an aromatic ring is 1. The lowest BCUT2D eigenvalue weighted by atomic mass is 10.2. The molecule has 1 rings (SSSR count). The normalized spacial score (nSPS) is 11.6. The highest BCUT2D eigenvalue weighted by Crippen LogP contribution is 2.22. The van der Waals surface area contributed by atoms with Gasteiger partial charge in [0.05, 0.1) is 0 Å². The second-order valence-electron chi connectivity index (χ2n) is 3.95. The average molecular weight is 262 g/mol. The summed E-state index contributed by atoms with van der Waals surface area (Å²) >= 11 is 0. The second kappa shape index (κ2) is 6.42. The SMILES string of the molecule is CCc1nc(N)cc(NCCCCC(F)(F)F)n1. The molecule has 0 amide bonds. The summed E-state index contributed by atoms with van der Waals surface area (Å²) in [5.74, 6) is 1.54. The Hall–Kier alpha value is -1.53. The van der Waals surface area contributed by atoms with E-state index in [1.54, 1.807) is 6.07 Å². The van der Waals surface area contributed by atoms with Crippen LogP contribution in [-0.4, -0.2) is 22.7 Å². The number of hydrogen-bond donors (Lipinski definition) is 2. The monoisotopic (exact) mass is 262 g/mol. The molecule has 7 heteroatoms. The molecule has 1 aromatic rings. The number of nitrogens with two attached hydrogens (primary N) is 1. The minimum absolute atomic E-state index is 0.109. The van der Waals surface area contributed by atoms with E-state index in [0.29, 0.717) is 36.8 Å². The summed E-state index contributed by atoms with van der Waals surface area (Å²) in [5, 5.41) is 2.95. The molecular formula is C11H17F3N4. The molecule has 102 valence electrons. The van der Waals surface area contributed by atoms with E-state index in [1.165, 1.54) is 0 Å². The van der Waals surface area contributed by atoms with Crippen LogP contribution in [0.4, 0.5) is 24.8 Å². The fourth-order valence-electron chi connectivity index (χ4n) is 1.43. The summed E-state index contributed by atoms with van der Waals surface area (Å²) in [7, 11) is 0. The lowest BCUT2D eigenvalue weighted by Gasteiger charge is -2.08. The first-order chi connectivity index (χ1) is 8.40. The van der Waals surface area contributed by atoms with Gasteiger partial charge in [0.25, 0.3) is 0 Å². The summed E-state index contributed by atoms with van der Waals surface area (Å²) < 4.78 is 35.7. The van der Waals surface area contributed by atoms with E-state index in [9.17, 15) is 13.2 Å². The summed E-state index contributed by atoms with van der Waals surface area (Å²) in [5.41, 5.74) is 5.58. The van der Waals surface area contributed by atoms with Gasteiger partial charge in [-0.05, 0) is 12.8 Å². The third kappa shape index (κ3) is 5.70. The predicted octanol–water partition coefficient (Wildman–Crippen LogP) is 2.77. The van der Waals surface area contributed by atoms with E-state index >= 15 is 0 Å². The Balaban J connectivity index is 2.33. The van der Waals surface area contributed by atoms with Crippen LogP contribution in [0.1, 0.15) is 32.0 Å². The van der Waals surface area contributed by atoms with Gasteiger partial charge >= 0.3 is 6.18 Å². The Kier molecular flexibility index (Phi) is 5.18. The molecule has 0 saturated carbocycles. The predicted molar refractivity (Wildman–Crippen MR) is 64.2 cm³/mol. The van der Waals surface area contributed by atoms with Gasteiger partial charge < -0.3 is 11.1 Å². The molecule has 4 nitrogen and oxygen atoms in total. The van der Waals surface area contributed by atoms with Crippen molar-refractivity contribution < 1.29 is 13.2 Å². The van der Waals surface area contributed by atoms with E-state index in [1.807, 2.05) is 6.92 Å². The quantitative estimate of drug-likeness (QED) is 0.774. The molecule has 0 radical (unpaired) electrons. The van der Waals surface area contributed by atoms with Crippen LogP contribution in [0.25, 0.3) is 0 Å². The van der Waals surface area contributed by atoms with Gasteiger partial charge in [0.1, 0.15) is 17.5 Å². The first-order valence-corrected chi connectivity index (χ1v) is 5.85. The van der Waals surface area contributed by atoms with E-state index < -0.39 is 12.6 Å². The molecule has 3 N–H and O–H groups in total. The molecule has 0 aliphatic heterocycles. The number of unbranched alkanes of at least 4 members (excludes halogenated alkanes) is 1. The van der Waals surface area contributed by atoms with Crippen LogP contribution in [0, 0.1) is 0 Å². The topological polar surface area (TPSA) is 63.8 Å². The van der Waals surface area contributed by atoms with Crippen molar-refractivity contribution in [3.8, 4) is 0 Å². The third-order valence-electron chi connectivity index (χ3n) is 2.30. The Bertz CT molecular complexity index is 379. The van der Waals surface area contributed by atoms with Crippen LogP contribution in [0.3, 0.4) is 0 Å². The first-order valence-electron chi connectivity index (χ1n) is 5.85. The summed E-state index contributed by atoms with van der Waals surface area (Å²) in [4.78, 5) is 8.18. The van der Waals surface area contributed by atoms with Gasteiger partial charge in [-0.25, -0.2) is 9.97 Å². The van der Waals surface area contributed by atoms with E-state index in [0.717, 1.165) is 0 Å². The number of anilines is 2. The molecule has 0 atom stereocenters. The zero-order chi connectivity index (χ0) is 13.6. The molecule has 0 aliphatic rings. The third-order valence-corrected chi connectivity index (χ3v) is 2.30. The van der Waals surface area contributed by atoms with Crippen LogP contribution in [0.2, 0.25) is 0 Å². The molecule has 0 saturated heterocycles. The smallest absolute Gasteiger partial charge is 0.384 e. The van der Waals surface area contributed by atoms with Crippen molar-refractivity contribution in [2.75, 3.05) is 17.6 Å². The number of alkyl halides is 3. The van der Waals surface area contributed by atoms with Crippen molar-refractivity contribution in [1.29, 1.82) is 0 Å². The maximum atomic E-state index is 11.9. The summed E-state index contributed by atoms with van der Waals surface area (Å²) in [6, 6.07) is 1.57. The van der Waals surface area contributed by atoms with Crippen LogP contribution >= 0.6 is 0 Å². The van der Waals surface area contributed by atoms with Crippen molar-refractivity contribution >= 4 is 11.6 Å². The van der Waals surface area contributed by atoms with Crippen molar-refractivity contribution in [1.82, 2.24) is 9.97 Å². The zero-order valence-electron chi connectivity index (χ0n) is 10.2. The largest absolute Gasteiger partial charge is 0.389 e. The minimum Gasteiger partial charge on any atom is -0.384 e. The second-order valence-corrected chi connectivity index (χ2v) is 3.95. The Morgan fingerprint density at radius 1 is 1.28 bits per heavy atom. The molecular weight excluding hydrogens is 245 g/mol. The van der Waals surface area contributed by atoms with Gasteiger partial charge in [-0.3, -0.25) is 0 Å². The lowest BCUT2D eigenvalue weighted by Crippen LogP contribution is -2.10. The summed E-state index contributed by atoms with van der Waals surface area (Å²) in [6.07, 6.45) is -3.62. The van der Waals surface area contributed by atoms with Crippen LogP contribution in [-0.2, 0) is 6.42 Å². The molecule has 0 aromatic carbocycles. The average Bonchev–Trinajstić information content (AvgIpc) is 2.26. The number of hydrogen-bond acceptors (Lipinski definition) is 4. The highest BCUT2D eigenvalue weighted by molar-refractivity contribution is 5.44. The van der Waals surface area contributed by atoms with E-state index in [-0.39, 0.29) is 6.42 Å². The molecule has 18 heavy (non-hydrogen) atoms. The van der Waals surface area contributed by atoms with Gasteiger partial charge in [0.15, 0.2) is 0 Å². The maximum absolute atomic E-state index is 11.9. The number of halogens is 3. The Morgan fingerprint density at radius 3 is 2.61 bits per heavy atom. The van der Waals surface area contributed by atoms with Crippen LogP contribution in [0.15, 0.2) is 6.07 Å². The molecule has 0 spiro atoms. The van der Waals surface area contributed by atoms with Crippen molar-refractivity contribution in [2.45, 2.75) is 38.8 Å². The van der Waals surface area contributed by atoms with Crippen molar-refractivity contribution in [3.05, 3.63) is 11.9 Å². The van der Waals surface area contributed by atoms with Crippen molar-refractivity contribution in [2.24, 2.45) is 0 Å². The lowest BCUT2D eigenvalue weighted by molar-refractivity contribution is -0.135. The molecule has 1 heterocycles. The number of aryl methyl sites for hydroxylation is 1. The fraction of sp³-hybridized carbons (Fsp3) is 0.636. The van der Waals surface area contributed by atoms with E-state index in [2.05, 4.69) is 15.3 Å². The van der Waals surface area contributed by atoms with Crippen molar-refractivity contribution in [3.63, 3.8) is 0 Å². The maximum Gasteiger partial charge on any atom is 0.389 e. The highest BCUT2D eigenvalue weighted by Gasteiger charge is 2.25. The van der Waals surface area contributed by atoms with Crippen LogP contribution in [0.5, 0.6) is 0 Å². The van der Waals surface area contributed by atoms with Gasteiger partial charge in [0, 0.05) is 25.5 Å². The number of nitrogens with zero attached hydrogens (tertiary/aromatic N) is 2. The minimum atomic E-state index is -4.07. The van der Waals surface area contributed by atoms with Gasteiger partial charge in [0.2, 0.25) is 0 Å². The van der Waals surface area contributed by atoms with E-state index in [4.69, 9.17) is 5.73 Å². The molecule has 0 bridgehead atoms. The standard InChI is InChI=1S/C11H17F3N4/c1-2-9-17-8(15)7-10(18-9)16-6-4-3-5-11(12,13)14/h7H,2-6H2,1H3,(H3,15,16,17,18). The van der Waals surface area contributed by atoms with Crippen LogP contribution < -0.4 is 11.1 Å². The molecule has 0 unspecified atom stereocenters. The Morgan fingerprint density at radius 2 is 2.00 bits per heavy atom. The van der Waals surface area contributed by atoms with Gasteiger partial charge in [-0.1, -0.05) is 6.92 Å². The highest BCUT2D eigenvalue weighted by atomic mass is 19.4. The number of rotatable bonds is 6. The Labute approximate surface area is 104 Å². The zero-order valence-corrected chi connectivity index (χ0v) is 10.2.